The van der Waals surface area contributed by atoms with Crippen molar-refractivity contribution in [2.75, 3.05) is 18.8 Å². The Morgan fingerprint density at radius 2 is 1.06 bits per heavy atom. The van der Waals surface area contributed by atoms with Gasteiger partial charge in [-0.25, -0.2) is 0 Å². The molecule has 0 radical (unpaired) electrons. The molecule has 0 heterocycles. The number of nitrogens with one attached hydrogen (secondary N) is 1. The summed E-state index contributed by atoms with van der Waals surface area (Å²) in [5, 5.41) is 7.38. The Labute approximate surface area is 115 Å². The molecule has 4 heteroatoms. The summed E-state index contributed by atoms with van der Waals surface area (Å²) in [4.78, 5) is 0. The highest BCUT2D eigenvalue weighted by Crippen LogP contribution is 2.19. The zero-order chi connectivity index (χ0) is 12.9. The molecule has 0 aromatic carbocycles. The van der Waals surface area contributed by atoms with E-state index in [4.69, 9.17) is 5.41 Å². The number of allylic oxidation sites excluding steroid dienone is 1. The SMILES string of the molecule is C.C=C(C)C.C=C(SC)SC.CSC(C)=N. The molecule has 0 atom stereocenters. The molecule has 98 valence electrons. The van der Waals surface area contributed by atoms with E-state index in [2.05, 4.69) is 13.2 Å². The van der Waals surface area contributed by atoms with Crippen LogP contribution in [-0.2, 0) is 0 Å². The molecule has 0 aromatic rings. The Balaban J connectivity index is -0.0000000668. The van der Waals surface area contributed by atoms with Gasteiger partial charge in [-0.1, -0.05) is 19.6 Å². The third-order valence-electron chi connectivity index (χ3n) is 0.762. The zero-order valence-electron chi connectivity index (χ0n) is 10.6. The molecule has 0 unspecified atom stereocenters. The Morgan fingerprint density at radius 3 is 1.06 bits per heavy atom. The summed E-state index contributed by atoms with van der Waals surface area (Å²) in [6.07, 6.45) is 5.94. The van der Waals surface area contributed by atoms with Crippen molar-refractivity contribution in [3.05, 3.63) is 23.0 Å². The molecule has 0 aliphatic carbocycles. The van der Waals surface area contributed by atoms with Crippen molar-refractivity contribution in [3.8, 4) is 0 Å². The molecular formula is C12H27NS3. The van der Waals surface area contributed by atoms with Crippen molar-refractivity contribution in [1.29, 1.82) is 5.41 Å². The van der Waals surface area contributed by atoms with Crippen LogP contribution in [0.3, 0.4) is 0 Å². The first-order chi connectivity index (χ1) is 6.81. The summed E-state index contributed by atoms with van der Waals surface area (Å²) in [5.74, 6) is 0. The maximum Gasteiger partial charge on any atom is 0.0607 e. The van der Waals surface area contributed by atoms with E-state index in [0.717, 1.165) is 0 Å². The maximum absolute atomic E-state index is 6.71. The molecule has 1 N–H and O–H groups in total. The van der Waals surface area contributed by atoms with Crippen LogP contribution in [0.2, 0.25) is 0 Å². The van der Waals surface area contributed by atoms with Gasteiger partial charge >= 0.3 is 0 Å². The largest absolute Gasteiger partial charge is 0.299 e. The Hall–Kier alpha value is 0.200. The topological polar surface area (TPSA) is 23.9 Å². The van der Waals surface area contributed by atoms with Crippen LogP contribution >= 0.6 is 35.3 Å². The molecule has 16 heavy (non-hydrogen) atoms. The highest BCUT2D eigenvalue weighted by atomic mass is 32.2. The molecule has 0 saturated heterocycles. The second-order valence-corrected chi connectivity index (χ2v) is 5.83. The van der Waals surface area contributed by atoms with Crippen LogP contribution in [0, 0.1) is 5.41 Å². The lowest BCUT2D eigenvalue weighted by molar-refractivity contribution is 1.42. The lowest BCUT2D eigenvalue weighted by Gasteiger charge is -1.88. The number of rotatable bonds is 2. The van der Waals surface area contributed by atoms with Gasteiger partial charge in [0.2, 0.25) is 0 Å². The van der Waals surface area contributed by atoms with Gasteiger partial charge in [0.25, 0.3) is 0 Å². The van der Waals surface area contributed by atoms with Gasteiger partial charge in [0.15, 0.2) is 0 Å². The van der Waals surface area contributed by atoms with E-state index < -0.39 is 0 Å². The number of thioether (sulfide) groups is 3. The average Bonchev–Trinajstić information content (AvgIpc) is 2.16. The molecular weight excluding hydrogens is 254 g/mol. The standard InChI is InChI=1S/C4H8S2.C4H8.C3H7NS.CH4/c1-4(5-2)6-3;1-4(2)3;1-3(4)5-2;/h1H2,2-3H3;1H2,2-3H3;4H,1-2H3;1H4. The van der Waals surface area contributed by atoms with Crippen LogP contribution in [0.1, 0.15) is 28.2 Å². The van der Waals surface area contributed by atoms with Gasteiger partial charge < -0.3 is 0 Å². The van der Waals surface area contributed by atoms with E-state index in [1.807, 2.05) is 32.6 Å². The molecule has 0 amide bonds. The smallest absolute Gasteiger partial charge is 0.0607 e. The summed E-state index contributed by atoms with van der Waals surface area (Å²) in [5.41, 5.74) is 1.17. The normalized spacial score (nSPS) is 7.12. The predicted octanol–water partition coefficient (Wildman–Crippen LogP) is 5.75. The first-order valence-corrected chi connectivity index (χ1v) is 7.97. The average molecular weight is 282 g/mol. The van der Waals surface area contributed by atoms with Crippen LogP contribution in [0.5, 0.6) is 0 Å². The molecule has 0 aliphatic heterocycles. The molecule has 0 spiro atoms. The van der Waals surface area contributed by atoms with E-state index in [9.17, 15) is 0 Å². The summed E-state index contributed by atoms with van der Waals surface area (Å²) >= 11 is 4.85. The third-order valence-corrected chi connectivity index (χ3v) is 3.28. The fourth-order valence-corrected chi connectivity index (χ4v) is 0.750. The molecule has 0 saturated carbocycles. The molecule has 0 fully saturated rings. The van der Waals surface area contributed by atoms with E-state index in [-0.39, 0.29) is 7.43 Å². The van der Waals surface area contributed by atoms with Crippen molar-refractivity contribution < 1.29 is 0 Å². The van der Waals surface area contributed by atoms with Gasteiger partial charge in [0.05, 0.1) is 5.04 Å². The lowest BCUT2D eigenvalue weighted by Crippen LogP contribution is -1.70. The number of hydrogen-bond donors (Lipinski definition) is 1. The predicted molar refractivity (Wildman–Crippen MR) is 90.3 cm³/mol. The van der Waals surface area contributed by atoms with Crippen LogP contribution in [0.15, 0.2) is 23.0 Å². The quantitative estimate of drug-likeness (QED) is 0.396. The van der Waals surface area contributed by atoms with Crippen LogP contribution < -0.4 is 0 Å². The van der Waals surface area contributed by atoms with Crippen molar-refractivity contribution in [3.63, 3.8) is 0 Å². The van der Waals surface area contributed by atoms with Gasteiger partial charge in [-0.15, -0.1) is 41.9 Å². The van der Waals surface area contributed by atoms with Gasteiger partial charge in [-0.2, -0.15) is 0 Å². The summed E-state index contributed by atoms with van der Waals surface area (Å²) in [6, 6.07) is 0. The van der Waals surface area contributed by atoms with Crippen molar-refractivity contribution >= 4 is 40.3 Å². The number of hydrogen-bond acceptors (Lipinski definition) is 4. The van der Waals surface area contributed by atoms with Crippen LogP contribution in [-0.4, -0.2) is 23.8 Å². The zero-order valence-corrected chi connectivity index (χ0v) is 13.1. The minimum Gasteiger partial charge on any atom is -0.299 e. The minimum absolute atomic E-state index is 0. The van der Waals surface area contributed by atoms with Crippen LogP contribution in [0.25, 0.3) is 0 Å². The highest BCUT2D eigenvalue weighted by molar-refractivity contribution is 8.21. The van der Waals surface area contributed by atoms with Gasteiger partial charge in [-0.3, -0.25) is 5.41 Å². The second-order valence-electron chi connectivity index (χ2n) is 2.75. The summed E-state index contributed by atoms with van der Waals surface area (Å²) < 4.78 is 1.18. The maximum atomic E-state index is 6.71. The Bertz CT molecular complexity index is 179. The molecule has 0 aromatic heterocycles. The monoisotopic (exact) mass is 281 g/mol. The van der Waals surface area contributed by atoms with Crippen molar-refractivity contribution in [2.45, 2.75) is 28.2 Å². The third kappa shape index (κ3) is 64.4. The van der Waals surface area contributed by atoms with Crippen LogP contribution in [0.4, 0.5) is 0 Å². The summed E-state index contributed by atoms with van der Waals surface area (Å²) in [7, 11) is 0. The first kappa shape index (κ1) is 25.1. The van der Waals surface area contributed by atoms with E-state index >= 15 is 0 Å². The minimum atomic E-state index is 0. The van der Waals surface area contributed by atoms with Crippen molar-refractivity contribution in [2.24, 2.45) is 0 Å². The molecule has 0 bridgehead atoms. The molecule has 1 nitrogen and oxygen atoms in total. The molecule has 0 aliphatic rings. The Morgan fingerprint density at radius 1 is 0.875 bits per heavy atom. The molecule has 0 rings (SSSR count). The van der Waals surface area contributed by atoms with Gasteiger partial charge in [0.1, 0.15) is 0 Å². The fourth-order valence-electron chi connectivity index (χ4n) is 0.0833. The van der Waals surface area contributed by atoms with Gasteiger partial charge in [-0.05, 0) is 39.5 Å². The Kier molecular flexibility index (Phi) is 32.4. The highest BCUT2D eigenvalue weighted by Gasteiger charge is 1.79. The van der Waals surface area contributed by atoms with E-state index in [0.29, 0.717) is 5.04 Å². The summed E-state index contributed by atoms with van der Waals surface area (Å²) in [6.45, 7) is 13.0. The van der Waals surface area contributed by atoms with E-state index in [1.165, 1.54) is 21.6 Å². The first-order valence-electron chi connectivity index (χ1n) is 4.29. The van der Waals surface area contributed by atoms with Crippen molar-refractivity contribution in [1.82, 2.24) is 0 Å². The fraction of sp³-hybridized carbons (Fsp3) is 0.583. The second kappa shape index (κ2) is 20.6. The van der Waals surface area contributed by atoms with Gasteiger partial charge in [0, 0.05) is 4.24 Å². The van der Waals surface area contributed by atoms with E-state index in [1.54, 1.807) is 30.4 Å². The lowest BCUT2D eigenvalue weighted by atomic mass is 10.4.